The number of ether oxygens (including phenoxy) is 2. The predicted molar refractivity (Wildman–Crippen MR) is 157 cm³/mol. The normalized spacial score (nSPS) is 43.5. The van der Waals surface area contributed by atoms with Crippen molar-refractivity contribution in [2.24, 2.45) is 33.5 Å². The lowest BCUT2D eigenvalue weighted by Gasteiger charge is -2.70. The zero-order valence-electron chi connectivity index (χ0n) is 25.6. The van der Waals surface area contributed by atoms with Crippen molar-refractivity contribution in [3.05, 3.63) is 11.6 Å². The summed E-state index contributed by atoms with van der Waals surface area (Å²) >= 11 is 0. The van der Waals surface area contributed by atoms with Crippen LogP contribution in [0.1, 0.15) is 117 Å². The molecule has 3 N–H and O–H groups in total. The van der Waals surface area contributed by atoms with Gasteiger partial charge < -0.3 is 24.8 Å². The fraction of sp³-hybridized carbons (Fsp3) is 0.829. The quantitative estimate of drug-likeness (QED) is 0.309. The highest BCUT2D eigenvalue weighted by Gasteiger charge is 2.75. The van der Waals surface area contributed by atoms with Gasteiger partial charge in [0.15, 0.2) is 0 Å². The maximum atomic E-state index is 14.2. The fourth-order valence-corrected chi connectivity index (χ4v) is 10.7. The van der Waals surface area contributed by atoms with Gasteiger partial charge in [0.05, 0.1) is 34.6 Å². The highest BCUT2D eigenvalue weighted by molar-refractivity contribution is 5.85. The number of carbonyl (C=O) groups excluding carboxylic acids is 2. The van der Waals surface area contributed by atoms with Crippen LogP contribution in [0.25, 0.3) is 0 Å². The zero-order chi connectivity index (χ0) is 29.8. The average molecular weight is 583 g/mol. The second-order valence-electron chi connectivity index (χ2n) is 15.1. The van der Waals surface area contributed by atoms with Crippen LogP contribution in [0.2, 0.25) is 0 Å². The lowest BCUT2D eigenvalue weighted by Crippen LogP contribution is -2.77. The van der Waals surface area contributed by atoms with Crippen molar-refractivity contribution in [1.29, 1.82) is 0 Å². The van der Waals surface area contributed by atoms with Crippen LogP contribution >= 0.6 is 0 Å². The Balaban J connectivity index is 1.52. The second-order valence-corrected chi connectivity index (χ2v) is 15.1. The minimum Gasteiger partial charge on any atom is -0.462 e. The number of cyclic esters (lactones) is 1. The van der Waals surface area contributed by atoms with E-state index in [1.54, 1.807) is 0 Å². The molecule has 0 aromatic heterocycles. The van der Waals surface area contributed by atoms with Gasteiger partial charge in [0.1, 0.15) is 12.7 Å². The first-order valence-electron chi connectivity index (χ1n) is 16.6. The van der Waals surface area contributed by atoms with Crippen LogP contribution in [-0.2, 0) is 19.1 Å². The van der Waals surface area contributed by atoms with E-state index in [1.165, 1.54) is 12.5 Å². The van der Waals surface area contributed by atoms with Crippen molar-refractivity contribution in [1.82, 2.24) is 0 Å². The molecule has 4 aliphatic carbocycles. The molecular formula is C35H50O7. The molecule has 42 heavy (non-hydrogen) atoms. The average Bonchev–Trinajstić information content (AvgIpc) is 3.42. The van der Waals surface area contributed by atoms with E-state index in [-0.39, 0.29) is 30.4 Å². The van der Waals surface area contributed by atoms with Gasteiger partial charge in [-0.05, 0) is 75.2 Å². The molecule has 4 saturated carbocycles. The molecule has 2 heterocycles. The summed E-state index contributed by atoms with van der Waals surface area (Å²) in [7, 11) is 0. The van der Waals surface area contributed by atoms with E-state index in [9.17, 15) is 24.9 Å². The molecule has 0 aromatic carbocycles. The Bertz CT molecular complexity index is 1170. The second kappa shape index (κ2) is 10.9. The summed E-state index contributed by atoms with van der Waals surface area (Å²) in [5.41, 5.74) is -4.17. The molecule has 6 rings (SSSR count). The van der Waals surface area contributed by atoms with Crippen molar-refractivity contribution >= 4 is 11.9 Å². The molecular weight excluding hydrogens is 532 g/mol. The van der Waals surface area contributed by atoms with E-state index in [0.29, 0.717) is 31.6 Å². The van der Waals surface area contributed by atoms with Gasteiger partial charge >= 0.3 is 11.9 Å². The lowest BCUT2D eigenvalue weighted by molar-refractivity contribution is -0.321. The first-order valence-corrected chi connectivity index (χ1v) is 16.6. The molecule has 2 aliphatic heterocycles. The number of hydrogen-bond acceptors (Lipinski definition) is 7. The maximum absolute atomic E-state index is 14.2. The molecule has 7 nitrogen and oxygen atoms in total. The topological polar surface area (TPSA) is 113 Å². The summed E-state index contributed by atoms with van der Waals surface area (Å²) in [6.07, 6.45) is 12.7. The third-order valence-electron chi connectivity index (χ3n) is 13.1. The standard InChI is InChI=1S/C35H50O7/c1-31-14-9-17-33(15-7-4-8-16-33)30(39)42-26(21-31)29-32(2,25-10-5-3-6-11-25)18-13-27(37)34(29,23-36)35(31,40)19-12-24-20-28(38)41-22-24/h20,25-27,29,36-37,40H,3-8,10-13,15-19,21-23H2,1-2H3. The molecule has 7 atom stereocenters. The first-order chi connectivity index (χ1) is 20.0. The largest absolute Gasteiger partial charge is 0.462 e. The number of aliphatic hydroxyl groups excluding tert-OH is 2. The van der Waals surface area contributed by atoms with Crippen LogP contribution in [0.4, 0.5) is 0 Å². The van der Waals surface area contributed by atoms with Crippen LogP contribution in [0.15, 0.2) is 11.6 Å². The van der Waals surface area contributed by atoms with Crippen LogP contribution in [0.3, 0.4) is 0 Å². The molecule has 0 amide bonds. The number of fused-ring (bicyclic) bond motifs is 4. The van der Waals surface area contributed by atoms with Crippen LogP contribution < -0.4 is 0 Å². The van der Waals surface area contributed by atoms with E-state index in [4.69, 9.17) is 9.47 Å². The minimum absolute atomic E-state index is 0.180. The maximum Gasteiger partial charge on any atom is 0.331 e. The van der Waals surface area contributed by atoms with Crippen molar-refractivity contribution in [3.63, 3.8) is 0 Å². The molecule has 6 aliphatic rings. The Morgan fingerprint density at radius 2 is 1.71 bits per heavy atom. The van der Waals surface area contributed by atoms with E-state index < -0.39 is 46.6 Å². The minimum atomic E-state index is -1.60. The summed E-state index contributed by atoms with van der Waals surface area (Å²) < 4.78 is 11.9. The predicted octanol–water partition coefficient (Wildman–Crippen LogP) is 5.00. The number of rotatable bonds is 5. The smallest absolute Gasteiger partial charge is 0.331 e. The van der Waals surface area contributed by atoms with E-state index in [1.807, 2.05) is 6.92 Å². The van der Waals surface area contributed by atoms with Crippen LogP contribution in [-0.4, -0.2) is 58.3 Å². The highest BCUT2D eigenvalue weighted by Crippen LogP contribution is 2.70. The van der Waals surface area contributed by atoms with Crippen molar-refractivity contribution in [3.8, 4) is 11.8 Å². The third kappa shape index (κ3) is 4.41. The summed E-state index contributed by atoms with van der Waals surface area (Å²) in [4.78, 5) is 26.1. The lowest BCUT2D eigenvalue weighted by atomic mass is 9.36. The monoisotopic (exact) mass is 582 g/mol. The Hall–Kier alpha value is -1.88. The van der Waals surface area contributed by atoms with E-state index >= 15 is 0 Å². The molecule has 2 bridgehead atoms. The van der Waals surface area contributed by atoms with Crippen molar-refractivity contribution < 1.29 is 34.4 Å². The van der Waals surface area contributed by atoms with Gasteiger partial charge in [-0.1, -0.05) is 51.4 Å². The molecule has 4 fully saturated rings. The molecule has 7 heteroatoms. The molecule has 1 spiro atoms. The number of aliphatic hydroxyl groups is 3. The Kier molecular flexibility index (Phi) is 7.85. The van der Waals surface area contributed by atoms with Crippen LogP contribution in [0.5, 0.6) is 0 Å². The Labute approximate surface area is 250 Å². The summed E-state index contributed by atoms with van der Waals surface area (Å²) in [6, 6.07) is 0. The summed E-state index contributed by atoms with van der Waals surface area (Å²) in [5.74, 6) is 6.22. The van der Waals surface area contributed by atoms with Gasteiger partial charge in [0, 0.05) is 24.8 Å². The van der Waals surface area contributed by atoms with Crippen molar-refractivity contribution in [2.75, 3.05) is 13.2 Å². The molecule has 0 aromatic rings. The highest BCUT2D eigenvalue weighted by atomic mass is 16.5. The summed E-state index contributed by atoms with van der Waals surface area (Å²) in [5, 5.41) is 36.9. The van der Waals surface area contributed by atoms with E-state index in [0.717, 1.165) is 69.8 Å². The molecule has 0 radical (unpaired) electrons. The van der Waals surface area contributed by atoms with Crippen molar-refractivity contribution in [2.45, 2.75) is 134 Å². The SMILES string of the molecule is CC1(C2CCCCC2)CCC(O)C2(CO)C1C1CC(C)(C#CCC3(CCCCC3)C(=O)O1)C2(O)CCC1=CC(=O)OC1. The summed E-state index contributed by atoms with van der Waals surface area (Å²) in [6.45, 7) is 3.99. The van der Waals surface area contributed by atoms with Gasteiger partial charge in [0.25, 0.3) is 0 Å². The molecule has 0 saturated heterocycles. The number of carbonyl (C=O) groups is 2. The van der Waals surface area contributed by atoms with Gasteiger partial charge in [-0.3, -0.25) is 4.79 Å². The van der Waals surface area contributed by atoms with Gasteiger partial charge in [-0.25, -0.2) is 4.79 Å². The fourth-order valence-electron chi connectivity index (χ4n) is 10.7. The third-order valence-corrected chi connectivity index (χ3v) is 13.1. The number of esters is 2. The Morgan fingerprint density at radius 3 is 2.38 bits per heavy atom. The molecule has 232 valence electrons. The first kappa shape index (κ1) is 30.2. The van der Waals surface area contributed by atoms with Crippen LogP contribution in [0, 0.1) is 45.3 Å². The molecule has 7 unspecified atom stereocenters. The zero-order valence-corrected chi connectivity index (χ0v) is 25.6. The Morgan fingerprint density at radius 1 is 1.00 bits per heavy atom. The van der Waals surface area contributed by atoms with Gasteiger partial charge in [-0.2, -0.15) is 0 Å². The van der Waals surface area contributed by atoms with Gasteiger partial charge in [0.2, 0.25) is 0 Å². The van der Waals surface area contributed by atoms with E-state index in [2.05, 4.69) is 18.8 Å². The number of hydrogen-bond donors (Lipinski definition) is 3. The van der Waals surface area contributed by atoms with Gasteiger partial charge in [-0.15, -0.1) is 5.92 Å².